The number of hydrogen-bond acceptors (Lipinski definition) is 3. The van der Waals surface area contributed by atoms with Crippen molar-refractivity contribution in [3.63, 3.8) is 0 Å². The molecule has 19 heavy (non-hydrogen) atoms. The van der Waals surface area contributed by atoms with Gasteiger partial charge in [-0.2, -0.15) is 5.26 Å². The van der Waals surface area contributed by atoms with Crippen LogP contribution in [0.2, 0.25) is 0 Å². The van der Waals surface area contributed by atoms with Gasteiger partial charge in [0.1, 0.15) is 17.4 Å². The molecule has 0 bridgehead atoms. The van der Waals surface area contributed by atoms with Crippen LogP contribution < -0.4 is 10.3 Å². The lowest BCUT2D eigenvalue weighted by atomic mass is 10.3. The lowest BCUT2D eigenvalue weighted by Crippen LogP contribution is -2.10. The minimum absolute atomic E-state index is 0.107. The van der Waals surface area contributed by atoms with Gasteiger partial charge >= 0.3 is 0 Å². The lowest BCUT2D eigenvalue weighted by molar-refractivity contribution is 0.318. The molecule has 1 N–H and O–H groups in total. The van der Waals surface area contributed by atoms with Crippen molar-refractivity contribution >= 4 is 0 Å². The van der Waals surface area contributed by atoms with E-state index in [1.54, 1.807) is 6.07 Å². The number of H-pyrrole nitrogens is 1. The van der Waals surface area contributed by atoms with Crippen LogP contribution in [-0.2, 0) is 0 Å². The first-order valence-corrected chi connectivity index (χ1v) is 6.12. The third kappa shape index (κ3) is 2.83. The molecular formula is C15H14N2O2. The molecule has 2 aromatic rings. The molecule has 0 aliphatic rings. The third-order valence-electron chi connectivity index (χ3n) is 2.67. The second-order valence-electron chi connectivity index (χ2n) is 4.07. The number of rotatable bonds is 4. The van der Waals surface area contributed by atoms with E-state index in [4.69, 9.17) is 10.00 Å². The largest absolute Gasteiger partial charge is 0.493 e. The Hall–Kier alpha value is -2.54. The van der Waals surface area contributed by atoms with Gasteiger partial charge in [-0.05, 0) is 30.7 Å². The number of hydrogen-bond donors (Lipinski definition) is 1. The molecule has 1 aromatic heterocycles. The second kappa shape index (κ2) is 5.87. The van der Waals surface area contributed by atoms with E-state index in [9.17, 15) is 4.79 Å². The number of nitrogens with one attached hydrogen (secondary N) is 1. The molecule has 96 valence electrons. The summed E-state index contributed by atoms with van der Waals surface area (Å²) < 4.78 is 5.65. The number of aromatic amines is 1. The van der Waals surface area contributed by atoms with Crippen molar-refractivity contribution in [2.45, 2.75) is 13.3 Å². The summed E-state index contributed by atoms with van der Waals surface area (Å²) in [5.74, 6) is 0.727. The molecule has 0 radical (unpaired) electrons. The summed E-state index contributed by atoms with van der Waals surface area (Å²) in [7, 11) is 0. The summed E-state index contributed by atoms with van der Waals surface area (Å²) in [4.78, 5) is 14.4. The van der Waals surface area contributed by atoms with E-state index in [1.807, 2.05) is 37.3 Å². The summed E-state index contributed by atoms with van der Waals surface area (Å²) >= 11 is 0. The molecule has 4 heteroatoms. The highest BCUT2D eigenvalue weighted by atomic mass is 16.5. The Kier molecular flexibility index (Phi) is 3.99. The number of nitriles is 1. The van der Waals surface area contributed by atoms with Crippen LogP contribution in [0.5, 0.6) is 5.75 Å². The maximum absolute atomic E-state index is 11.7. The number of ether oxygens (including phenoxy) is 1. The Morgan fingerprint density at radius 3 is 2.84 bits per heavy atom. The van der Waals surface area contributed by atoms with Crippen molar-refractivity contribution < 1.29 is 4.74 Å². The zero-order chi connectivity index (χ0) is 13.7. The van der Waals surface area contributed by atoms with Gasteiger partial charge in [0.15, 0.2) is 0 Å². The van der Waals surface area contributed by atoms with Gasteiger partial charge in [0.05, 0.1) is 12.3 Å². The number of benzene rings is 1. The van der Waals surface area contributed by atoms with Crippen molar-refractivity contribution in [3.05, 3.63) is 52.3 Å². The lowest BCUT2D eigenvalue weighted by Gasteiger charge is -2.10. The van der Waals surface area contributed by atoms with E-state index in [-0.39, 0.29) is 11.1 Å². The van der Waals surface area contributed by atoms with E-state index in [0.717, 1.165) is 17.7 Å². The van der Waals surface area contributed by atoms with Crippen LogP contribution in [0.1, 0.15) is 18.9 Å². The van der Waals surface area contributed by atoms with Gasteiger partial charge in [0.2, 0.25) is 0 Å². The highest BCUT2D eigenvalue weighted by molar-refractivity contribution is 5.67. The smallest absolute Gasteiger partial charge is 0.266 e. The van der Waals surface area contributed by atoms with E-state index < -0.39 is 0 Å². The van der Waals surface area contributed by atoms with Crippen LogP contribution in [0.4, 0.5) is 0 Å². The van der Waals surface area contributed by atoms with Crippen LogP contribution in [0.15, 0.2) is 41.2 Å². The van der Waals surface area contributed by atoms with Gasteiger partial charge in [-0.25, -0.2) is 0 Å². The number of aromatic nitrogens is 1. The molecule has 0 unspecified atom stereocenters. The minimum atomic E-state index is -0.384. The number of pyridine rings is 1. The highest BCUT2D eigenvalue weighted by Gasteiger charge is 2.07. The van der Waals surface area contributed by atoms with Crippen LogP contribution in [0.25, 0.3) is 11.3 Å². The molecule has 2 rings (SSSR count). The second-order valence-corrected chi connectivity index (χ2v) is 4.07. The fraction of sp³-hybridized carbons (Fsp3) is 0.200. The maximum atomic E-state index is 11.7. The Balaban J connectivity index is 2.44. The summed E-state index contributed by atoms with van der Waals surface area (Å²) in [5.41, 5.74) is 1.19. The van der Waals surface area contributed by atoms with E-state index in [0.29, 0.717) is 12.3 Å². The van der Waals surface area contributed by atoms with Crippen LogP contribution >= 0.6 is 0 Å². The minimum Gasteiger partial charge on any atom is -0.493 e. The summed E-state index contributed by atoms with van der Waals surface area (Å²) in [5, 5.41) is 8.76. The van der Waals surface area contributed by atoms with E-state index >= 15 is 0 Å². The molecule has 0 aliphatic heterocycles. The van der Waals surface area contributed by atoms with Crippen molar-refractivity contribution in [3.8, 4) is 23.1 Å². The Bertz CT molecular complexity index is 668. The van der Waals surface area contributed by atoms with Crippen molar-refractivity contribution in [2.24, 2.45) is 0 Å². The predicted molar refractivity (Wildman–Crippen MR) is 73.0 cm³/mol. The molecule has 0 aliphatic carbocycles. The Morgan fingerprint density at radius 1 is 1.37 bits per heavy atom. The molecule has 4 nitrogen and oxygen atoms in total. The van der Waals surface area contributed by atoms with E-state index in [2.05, 4.69) is 4.98 Å². The maximum Gasteiger partial charge on any atom is 0.266 e. The molecule has 0 saturated carbocycles. The standard InChI is InChI=1S/C15H14N2O2/c1-2-9-19-14-6-4-3-5-12(14)13-8-7-11(10-16)15(18)17-13/h3-8H,2,9H2,1H3,(H,17,18)/i13+2. The number of nitrogens with zero attached hydrogens (tertiary/aromatic N) is 1. The van der Waals surface area contributed by atoms with Crippen LogP contribution in [-0.4, -0.2) is 11.6 Å². The van der Waals surface area contributed by atoms with Gasteiger partial charge in [0, 0.05) is 5.56 Å². The highest BCUT2D eigenvalue weighted by Crippen LogP contribution is 2.27. The fourth-order valence-electron chi connectivity index (χ4n) is 1.75. The zero-order valence-electron chi connectivity index (χ0n) is 10.6. The Morgan fingerprint density at radius 2 is 2.16 bits per heavy atom. The molecule has 0 spiro atoms. The summed E-state index contributed by atoms with van der Waals surface area (Å²) in [6, 6.07) is 12.6. The van der Waals surface area contributed by atoms with E-state index in [1.165, 1.54) is 6.07 Å². The van der Waals surface area contributed by atoms with Gasteiger partial charge in [0.25, 0.3) is 5.56 Å². The van der Waals surface area contributed by atoms with Crippen molar-refractivity contribution in [1.82, 2.24) is 4.98 Å². The summed E-state index contributed by atoms with van der Waals surface area (Å²) in [6.45, 7) is 2.66. The first-order chi connectivity index (χ1) is 9.26. The molecular weight excluding hydrogens is 242 g/mol. The quantitative estimate of drug-likeness (QED) is 0.914. The number of para-hydroxylation sites is 1. The Labute approximate surface area is 111 Å². The monoisotopic (exact) mass is 256 g/mol. The average molecular weight is 256 g/mol. The van der Waals surface area contributed by atoms with Gasteiger partial charge in [-0.1, -0.05) is 19.1 Å². The zero-order valence-corrected chi connectivity index (χ0v) is 10.6. The van der Waals surface area contributed by atoms with Crippen molar-refractivity contribution in [1.29, 1.82) is 5.26 Å². The van der Waals surface area contributed by atoms with Gasteiger partial charge < -0.3 is 9.72 Å². The third-order valence-corrected chi connectivity index (χ3v) is 2.67. The average Bonchev–Trinajstić information content (AvgIpc) is 2.45. The molecule has 0 saturated heterocycles. The molecule has 0 fully saturated rings. The molecule has 1 heterocycles. The predicted octanol–water partition coefficient (Wildman–Crippen LogP) is 2.70. The van der Waals surface area contributed by atoms with Gasteiger partial charge in [-0.3, -0.25) is 4.79 Å². The molecule has 0 atom stereocenters. The molecule has 1 aromatic carbocycles. The molecule has 0 amide bonds. The van der Waals surface area contributed by atoms with Crippen molar-refractivity contribution in [2.75, 3.05) is 6.61 Å². The first-order valence-electron chi connectivity index (χ1n) is 6.12. The normalized spacial score (nSPS) is 9.89. The van der Waals surface area contributed by atoms with Crippen LogP contribution in [0.3, 0.4) is 0 Å². The first kappa shape index (κ1) is 12.9. The summed E-state index contributed by atoms with van der Waals surface area (Å²) in [6.07, 6.45) is 0.915. The van der Waals surface area contributed by atoms with Gasteiger partial charge in [-0.15, -0.1) is 0 Å². The SMILES string of the molecule is CCCOc1ccccc1-[14c]1ccc(C#N)c(=O)[nH]1. The topological polar surface area (TPSA) is 65.9 Å². The fourth-order valence-corrected chi connectivity index (χ4v) is 1.75. The van der Waals surface area contributed by atoms with Crippen LogP contribution in [0, 0.1) is 11.3 Å².